The average molecular weight is 227 g/mol. The Hall–Kier alpha value is -1.30. The van der Waals surface area contributed by atoms with Crippen molar-refractivity contribution >= 4 is 28.1 Å². The van der Waals surface area contributed by atoms with Crippen molar-refractivity contribution in [3.63, 3.8) is 0 Å². The smallest absolute Gasteiger partial charge is 0.185 e. The minimum atomic E-state index is -0.0942. The summed E-state index contributed by atoms with van der Waals surface area (Å²) < 4.78 is 0. The molecule has 0 radical (unpaired) electrons. The molecule has 4 nitrogen and oxygen atoms in total. The molecule has 1 aromatic heterocycles. The molecule has 0 aliphatic rings. The lowest BCUT2D eigenvalue weighted by Crippen LogP contribution is -2.08. The summed E-state index contributed by atoms with van der Waals surface area (Å²) in [6.07, 6.45) is 0. The van der Waals surface area contributed by atoms with Crippen LogP contribution in [0.15, 0.2) is 0 Å². The molecule has 1 aromatic rings. The summed E-state index contributed by atoms with van der Waals surface area (Å²) >= 11 is 6.85. The Morgan fingerprint density at radius 1 is 1.64 bits per heavy atom. The van der Waals surface area contributed by atoms with E-state index in [4.69, 9.17) is 22.1 Å². The van der Waals surface area contributed by atoms with Crippen molar-refractivity contribution in [3.05, 3.63) is 10.0 Å². The fourth-order valence-corrected chi connectivity index (χ4v) is 1.69. The largest absolute Gasteiger partial charge is 0.360 e. The Morgan fingerprint density at radius 3 is 2.86 bits per heavy atom. The third kappa shape index (κ3) is 2.59. The zero-order valence-electron chi connectivity index (χ0n) is 7.41. The average Bonchev–Trinajstić information content (AvgIpc) is 2.55. The normalized spacial score (nSPS) is 11.4. The Labute approximate surface area is 90.8 Å². The highest BCUT2D eigenvalue weighted by molar-refractivity contribution is 7.16. The van der Waals surface area contributed by atoms with E-state index in [1.54, 1.807) is 6.92 Å². The summed E-state index contributed by atoms with van der Waals surface area (Å²) in [4.78, 5) is 4.32. The summed E-state index contributed by atoms with van der Waals surface area (Å²) in [5.74, 6) is -0.0942. The van der Waals surface area contributed by atoms with Gasteiger partial charge in [-0.05, 0) is 6.92 Å². The Bertz CT molecular complexity index is 400. The molecule has 0 amide bonds. The fourth-order valence-electron chi connectivity index (χ4n) is 0.732. The summed E-state index contributed by atoms with van der Waals surface area (Å²) in [6, 6.07) is 4.02. The molecule has 0 aliphatic heterocycles. The lowest BCUT2D eigenvalue weighted by molar-refractivity contribution is 0.785. The first-order chi connectivity index (χ1) is 6.67. The Kier molecular flexibility index (Phi) is 3.70. The van der Waals surface area contributed by atoms with Crippen LogP contribution in [0.3, 0.4) is 0 Å². The maximum atomic E-state index is 8.61. The van der Waals surface area contributed by atoms with Gasteiger partial charge in [0.1, 0.15) is 10.9 Å². The van der Waals surface area contributed by atoms with Crippen LogP contribution in [0.2, 0.25) is 5.15 Å². The maximum absolute atomic E-state index is 8.61. The number of thiazole rings is 1. The molecule has 0 saturated heterocycles. The number of halogens is 1. The number of rotatable bonds is 3. The molecule has 0 saturated carbocycles. The van der Waals surface area contributed by atoms with Gasteiger partial charge in [-0.25, -0.2) is 4.98 Å². The van der Waals surface area contributed by atoms with Gasteiger partial charge >= 0.3 is 0 Å². The second kappa shape index (κ2) is 4.80. The van der Waals surface area contributed by atoms with Gasteiger partial charge < -0.3 is 5.32 Å². The minimum absolute atomic E-state index is 0.0942. The molecule has 1 heterocycles. The van der Waals surface area contributed by atoms with Crippen LogP contribution >= 0.6 is 22.9 Å². The second-order valence-electron chi connectivity index (χ2n) is 2.66. The zero-order chi connectivity index (χ0) is 10.6. The van der Waals surface area contributed by atoms with E-state index in [9.17, 15) is 0 Å². The number of hydrogen-bond donors (Lipinski definition) is 1. The van der Waals surface area contributed by atoms with Crippen molar-refractivity contribution in [2.24, 2.45) is 5.92 Å². The van der Waals surface area contributed by atoms with Gasteiger partial charge in [0.2, 0.25) is 0 Å². The molecule has 0 aromatic carbocycles. The van der Waals surface area contributed by atoms with Crippen LogP contribution < -0.4 is 5.32 Å². The maximum Gasteiger partial charge on any atom is 0.185 e. The number of nitriles is 2. The standard InChI is InChI=1S/C8H7ClN4S/c1-5(2-10)4-12-8-13-7(9)6(3-11)14-8/h5H,4H2,1H3,(H,12,13). The molecule has 1 atom stereocenters. The quantitative estimate of drug-likeness (QED) is 0.858. The summed E-state index contributed by atoms with van der Waals surface area (Å²) in [5, 5.41) is 20.9. The molecule has 1 N–H and O–H groups in total. The first kappa shape index (κ1) is 10.8. The molecule has 1 rings (SSSR count). The Balaban J connectivity index is 2.62. The van der Waals surface area contributed by atoms with Crippen molar-refractivity contribution in [1.82, 2.24) is 4.98 Å². The second-order valence-corrected chi connectivity index (χ2v) is 4.02. The SMILES string of the molecule is CC(C#N)CNc1nc(Cl)c(C#N)s1. The summed E-state index contributed by atoms with van der Waals surface area (Å²) in [7, 11) is 0. The molecule has 72 valence electrons. The topological polar surface area (TPSA) is 72.5 Å². The third-order valence-electron chi connectivity index (χ3n) is 1.47. The van der Waals surface area contributed by atoms with Gasteiger partial charge in [-0.3, -0.25) is 0 Å². The van der Waals surface area contributed by atoms with E-state index in [-0.39, 0.29) is 11.1 Å². The van der Waals surface area contributed by atoms with E-state index in [0.717, 1.165) is 0 Å². The highest BCUT2D eigenvalue weighted by Crippen LogP contribution is 2.25. The highest BCUT2D eigenvalue weighted by atomic mass is 35.5. The van der Waals surface area contributed by atoms with E-state index in [2.05, 4.69) is 16.4 Å². The number of nitrogens with zero attached hydrogens (tertiary/aromatic N) is 3. The molecule has 0 fully saturated rings. The van der Waals surface area contributed by atoms with Crippen LogP contribution in [-0.2, 0) is 0 Å². The predicted octanol–water partition coefficient (Wildman–Crippen LogP) is 2.24. The van der Waals surface area contributed by atoms with Gasteiger partial charge in [0.05, 0.1) is 12.0 Å². The lowest BCUT2D eigenvalue weighted by Gasteiger charge is -2.01. The van der Waals surface area contributed by atoms with Gasteiger partial charge in [-0.1, -0.05) is 22.9 Å². The fraction of sp³-hybridized carbons (Fsp3) is 0.375. The minimum Gasteiger partial charge on any atom is -0.360 e. The van der Waals surface area contributed by atoms with Crippen LogP contribution in [0.5, 0.6) is 0 Å². The molecule has 1 unspecified atom stereocenters. The van der Waals surface area contributed by atoms with E-state index in [0.29, 0.717) is 16.6 Å². The highest BCUT2D eigenvalue weighted by Gasteiger charge is 2.08. The number of aromatic nitrogens is 1. The van der Waals surface area contributed by atoms with Crippen molar-refractivity contribution in [2.75, 3.05) is 11.9 Å². The number of anilines is 1. The molecular weight excluding hydrogens is 220 g/mol. The molecule has 0 spiro atoms. The number of nitrogens with one attached hydrogen (secondary N) is 1. The molecule has 0 bridgehead atoms. The van der Waals surface area contributed by atoms with Crippen molar-refractivity contribution in [1.29, 1.82) is 10.5 Å². The van der Waals surface area contributed by atoms with Crippen LogP contribution in [0.25, 0.3) is 0 Å². The molecule has 6 heteroatoms. The number of hydrogen-bond acceptors (Lipinski definition) is 5. The lowest BCUT2D eigenvalue weighted by atomic mass is 10.2. The van der Waals surface area contributed by atoms with Crippen molar-refractivity contribution in [2.45, 2.75) is 6.92 Å². The zero-order valence-corrected chi connectivity index (χ0v) is 8.98. The van der Waals surface area contributed by atoms with Gasteiger partial charge in [0.25, 0.3) is 0 Å². The molecule has 0 aliphatic carbocycles. The molecule has 14 heavy (non-hydrogen) atoms. The molecular formula is C8H7ClN4S. The van der Waals surface area contributed by atoms with Crippen molar-refractivity contribution in [3.8, 4) is 12.1 Å². The third-order valence-corrected chi connectivity index (χ3v) is 2.77. The van der Waals surface area contributed by atoms with E-state index in [1.807, 2.05) is 6.07 Å². The van der Waals surface area contributed by atoms with Crippen LogP contribution in [0.1, 0.15) is 11.8 Å². The summed E-state index contributed by atoms with van der Waals surface area (Å²) in [5.41, 5.74) is 0. The van der Waals surface area contributed by atoms with Gasteiger partial charge in [-0.15, -0.1) is 0 Å². The van der Waals surface area contributed by atoms with Crippen LogP contribution in [-0.4, -0.2) is 11.5 Å². The predicted molar refractivity (Wildman–Crippen MR) is 55.1 cm³/mol. The van der Waals surface area contributed by atoms with Crippen LogP contribution in [0.4, 0.5) is 5.13 Å². The van der Waals surface area contributed by atoms with Crippen LogP contribution in [0, 0.1) is 28.6 Å². The van der Waals surface area contributed by atoms with Gasteiger partial charge in [-0.2, -0.15) is 10.5 Å². The Morgan fingerprint density at radius 2 is 2.36 bits per heavy atom. The van der Waals surface area contributed by atoms with E-state index < -0.39 is 0 Å². The first-order valence-electron chi connectivity index (χ1n) is 3.87. The monoisotopic (exact) mass is 226 g/mol. The van der Waals surface area contributed by atoms with E-state index >= 15 is 0 Å². The first-order valence-corrected chi connectivity index (χ1v) is 5.06. The van der Waals surface area contributed by atoms with Crippen molar-refractivity contribution < 1.29 is 0 Å². The van der Waals surface area contributed by atoms with E-state index in [1.165, 1.54) is 11.3 Å². The van der Waals surface area contributed by atoms with Gasteiger partial charge in [0.15, 0.2) is 10.3 Å². The van der Waals surface area contributed by atoms with Gasteiger partial charge in [0, 0.05) is 6.54 Å². The summed E-state index contributed by atoms with van der Waals surface area (Å²) in [6.45, 7) is 2.30.